The number of halogens is 3. The molecule has 0 spiro atoms. The van der Waals surface area contributed by atoms with E-state index in [0.29, 0.717) is 17.4 Å². The van der Waals surface area contributed by atoms with Gasteiger partial charge in [-0.15, -0.1) is 0 Å². The van der Waals surface area contributed by atoms with E-state index in [1.54, 1.807) is 0 Å². The number of nitrogens with one attached hydrogen (secondary N) is 2. The van der Waals surface area contributed by atoms with E-state index in [4.69, 9.17) is 0 Å². The molecule has 0 heterocycles. The summed E-state index contributed by atoms with van der Waals surface area (Å²) in [6.45, 7) is 1.03. The van der Waals surface area contributed by atoms with Gasteiger partial charge in [0.15, 0.2) is 5.96 Å². The normalized spacial score (nSPS) is 12.0. The molecule has 1 rings (SSSR count). The number of aliphatic imine (C=N–C) groups is 1. The van der Waals surface area contributed by atoms with Crippen molar-refractivity contribution in [1.82, 2.24) is 15.5 Å². The van der Waals surface area contributed by atoms with E-state index in [-0.39, 0.29) is 6.54 Å². The van der Waals surface area contributed by atoms with E-state index in [1.807, 2.05) is 24.3 Å². The van der Waals surface area contributed by atoms with E-state index < -0.39 is 18.6 Å². The largest absolute Gasteiger partial charge is 0.406 e. The van der Waals surface area contributed by atoms with Crippen molar-refractivity contribution >= 4 is 11.9 Å². The molecule has 0 aliphatic carbocycles. The van der Waals surface area contributed by atoms with Gasteiger partial charge in [-0.2, -0.15) is 13.2 Å². The van der Waals surface area contributed by atoms with Crippen LogP contribution in [0.25, 0.3) is 0 Å². The van der Waals surface area contributed by atoms with Gasteiger partial charge in [0.1, 0.15) is 6.54 Å². The molecule has 24 heavy (non-hydrogen) atoms. The first-order chi connectivity index (χ1) is 11.3. The molecule has 0 saturated heterocycles. The van der Waals surface area contributed by atoms with Crippen LogP contribution in [0.2, 0.25) is 0 Å². The van der Waals surface area contributed by atoms with E-state index in [2.05, 4.69) is 22.5 Å². The highest BCUT2D eigenvalue weighted by molar-refractivity contribution is 5.86. The maximum absolute atomic E-state index is 12.3. The number of carbonyl (C=O) groups excluding carboxylic acids is 1. The van der Waals surface area contributed by atoms with Crippen LogP contribution in [0.1, 0.15) is 18.1 Å². The molecule has 134 valence electrons. The van der Waals surface area contributed by atoms with Gasteiger partial charge in [-0.25, -0.2) is 0 Å². The molecule has 0 bridgehead atoms. The Kier molecular flexibility index (Phi) is 7.54. The minimum Gasteiger partial charge on any atom is -0.352 e. The highest BCUT2D eigenvalue weighted by Crippen LogP contribution is 2.15. The topological polar surface area (TPSA) is 56.7 Å². The summed E-state index contributed by atoms with van der Waals surface area (Å²) in [5.74, 6) is -0.307. The van der Waals surface area contributed by atoms with Crippen LogP contribution in [0.15, 0.2) is 29.3 Å². The minimum atomic E-state index is -4.41. The van der Waals surface area contributed by atoms with Gasteiger partial charge >= 0.3 is 6.18 Å². The average molecular weight is 344 g/mol. The predicted octanol–water partition coefficient (Wildman–Crippen LogP) is 1.93. The summed E-state index contributed by atoms with van der Waals surface area (Å²) in [6, 6.07) is 7.91. The Bertz CT molecular complexity index is 573. The summed E-state index contributed by atoms with van der Waals surface area (Å²) in [4.78, 5) is 16.3. The number of nitrogens with zero attached hydrogens (tertiary/aromatic N) is 2. The van der Waals surface area contributed by atoms with E-state index in [9.17, 15) is 18.0 Å². The van der Waals surface area contributed by atoms with Crippen LogP contribution in [0.3, 0.4) is 0 Å². The van der Waals surface area contributed by atoms with E-state index >= 15 is 0 Å². The van der Waals surface area contributed by atoms with Crippen LogP contribution in [0.5, 0.6) is 0 Å². The van der Waals surface area contributed by atoms with Gasteiger partial charge in [-0.1, -0.05) is 31.2 Å². The SMILES string of the molecule is CCc1ccccc1CNC(=NC)NCC(=O)N(C)CC(F)(F)F. The van der Waals surface area contributed by atoms with E-state index in [0.717, 1.165) is 19.0 Å². The minimum absolute atomic E-state index is 0.262. The maximum atomic E-state index is 12.3. The number of guanidine groups is 1. The lowest BCUT2D eigenvalue weighted by Crippen LogP contribution is -2.45. The molecule has 0 atom stereocenters. The molecule has 0 aliphatic rings. The standard InChI is InChI=1S/C16H23F3N4O/c1-4-12-7-5-6-8-13(12)9-21-15(20-2)22-10-14(24)23(3)11-16(17,18)19/h5-8H,4,9-11H2,1-3H3,(H2,20,21,22). The van der Waals surface area contributed by atoms with Gasteiger partial charge in [0.25, 0.3) is 0 Å². The molecule has 1 aromatic carbocycles. The molecular weight excluding hydrogens is 321 g/mol. The molecule has 8 heteroatoms. The zero-order valence-corrected chi connectivity index (χ0v) is 14.1. The van der Waals surface area contributed by atoms with Crippen molar-refractivity contribution in [2.75, 3.05) is 27.2 Å². The fourth-order valence-corrected chi connectivity index (χ4v) is 2.13. The predicted molar refractivity (Wildman–Crippen MR) is 87.7 cm³/mol. The van der Waals surface area contributed by atoms with Crippen LogP contribution < -0.4 is 10.6 Å². The van der Waals surface area contributed by atoms with Crippen LogP contribution in [0.4, 0.5) is 13.2 Å². The van der Waals surface area contributed by atoms with Crippen LogP contribution in [-0.4, -0.2) is 50.1 Å². The van der Waals surface area contributed by atoms with Gasteiger partial charge in [0.05, 0.1) is 6.54 Å². The van der Waals surface area contributed by atoms with Crippen LogP contribution in [0, 0.1) is 0 Å². The Morgan fingerprint density at radius 1 is 1.21 bits per heavy atom. The summed E-state index contributed by atoms with van der Waals surface area (Å²) in [6.07, 6.45) is -3.52. The number of amides is 1. The zero-order chi connectivity index (χ0) is 18.2. The van der Waals surface area contributed by atoms with Crippen LogP contribution in [-0.2, 0) is 17.8 Å². The Morgan fingerprint density at radius 2 is 1.83 bits per heavy atom. The third-order valence-corrected chi connectivity index (χ3v) is 3.42. The molecule has 2 N–H and O–H groups in total. The summed E-state index contributed by atoms with van der Waals surface area (Å²) in [7, 11) is 2.65. The summed E-state index contributed by atoms with van der Waals surface area (Å²) in [5.41, 5.74) is 2.30. The molecule has 5 nitrogen and oxygen atoms in total. The number of carbonyl (C=O) groups is 1. The Morgan fingerprint density at radius 3 is 2.38 bits per heavy atom. The second-order valence-electron chi connectivity index (χ2n) is 5.27. The molecule has 1 amide bonds. The molecule has 0 saturated carbocycles. The fraction of sp³-hybridized carbons (Fsp3) is 0.500. The Hall–Kier alpha value is -2.25. The van der Waals surface area contributed by atoms with E-state index in [1.165, 1.54) is 12.6 Å². The van der Waals surface area contributed by atoms with Crippen molar-refractivity contribution in [3.8, 4) is 0 Å². The first-order valence-corrected chi connectivity index (χ1v) is 7.58. The zero-order valence-electron chi connectivity index (χ0n) is 14.1. The van der Waals surface area contributed by atoms with Crippen molar-refractivity contribution < 1.29 is 18.0 Å². The monoisotopic (exact) mass is 344 g/mol. The van der Waals surface area contributed by atoms with Crippen molar-refractivity contribution in [3.05, 3.63) is 35.4 Å². The van der Waals surface area contributed by atoms with Gasteiger partial charge in [-0.05, 0) is 17.5 Å². The lowest BCUT2D eigenvalue weighted by atomic mass is 10.1. The highest BCUT2D eigenvalue weighted by Gasteiger charge is 2.31. The molecule has 0 radical (unpaired) electrons. The summed E-state index contributed by atoms with van der Waals surface area (Å²) in [5, 5.41) is 5.77. The van der Waals surface area contributed by atoms with Crippen molar-refractivity contribution in [2.24, 2.45) is 4.99 Å². The number of rotatable bonds is 6. The number of likely N-dealkylation sites (N-methyl/N-ethyl adjacent to an activating group) is 1. The molecule has 0 aromatic heterocycles. The number of hydrogen-bond donors (Lipinski definition) is 2. The first-order valence-electron chi connectivity index (χ1n) is 7.58. The van der Waals surface area contributed by atoms with Gasteiger partial charge in [-0.3, -0.25) is 9.79 Å². The van der Waals surface area contributed by atoms with Crippen molar-refractivity contribution in [3.63, 3.8) is 0 Å². The first kappa shape index (κ1) is 19.8. The smallest absolute Gasteiger partial charge is 0.352 e. The van der Waals surface area contributed by atoms with Crippen molar-refractivity contribution in [1.29, 1.82) is 0 Å². The molecule has 1 aromatic rings. The van der Waals surface area contributed by atoms with Crippen molar-refractivity contribution in [2.45, 2.75) is 26.1 Å². The Balaban J connectivity index is 2.50. The molecular formula is C16H23F3N4O. The third kappa shape index (κ3) is 6.89. The molecule has 0 unspecified atom stereocenters. The number of aryl methyl sites for hydroxylation is 1. The summed E-state index contributed by atoms with van der Waals surface area (Å²) >= 11 is 0. The average Bonchev–Trinajstić information content (AvgIpc) is 2.53. The highest BCUT2D eigenvalue weighted by atomic mass is 19.4. The molecule has 0 aliphatic heterocycles. The second kappa shape index (κ2) is 9.14. The number of hydrogen-bond acceptors (Lipinski definition) is 2. The third-order valence-electron chi connectivity index (χ3n) is 3.42. The maximum Gasteiger partial charge on any atom is 0.406 e. The summed E-state index contributed by atoms with van der Waals surface area (Å²) < 4.78 is 36.8. The Labute approximate surface area is 139 Å². The lowest BCUT2D eigenvalue weighted by Gasteiger charge is -2.20. The number of alkyl halides is 3. The number of benzene rings is 1. The second-order valence-corrected chi connectivity index (χ2v) is 5.27. The van der Waals surface area contributed by atoms with Crippen LogP contribution >= 0.6 is 0 Å². The fourth-order valence-electron chi connectivity index (χ4n) is 2.13. The van der Waals surface area contributed by atoms with Gasteiger partial charge in [0.2, 0.25) is 5.91 Å². The van der Waals surface area contributed by atoms with Gasteiger partial charge < -0.3 is 15.5 Å². The van der Waals surface area contributed by atoms with Gasteiger partial charge in [0, 0.05) is 20.6 Å². The quantitative estimate of drug-likeness (QED) is 0.612. The lowest BCUT2D eigenvalue weighted by molar-refractivity contribution is -0.157. The molecule has 0 fully saturated rings.